The Kier molecular flexibility index (Phi) is 4490. The summed E-state index contributed by atoms with van der Waals surface area (Å²) in [6.07, 6.45) is 0. The van der Waals surface area contributed by atoms with Gasteiger partial charge in [0.1, 0.15) is 0 Å². The molecule has 0 heterocycles. The van der Waals surface area contributed by atoms with Gasteiger partial charge in [-0.05, 0) is 0 Å². The average molecular weight is 76.2 g/mol. The summed E-state index contributed by atoms with van der Waals surface area (Å²) in [5, 5.41) is 0. The Morgan fingerprint density at radius 2 is 1.20 bits per heavy atom. The van der Waals surface area contributed by atoms with Crippen LogP contribution in [0.4, 0.5) is 0 Å². The molecule has 0 fully saturated rings. The van der Waals surface area contributed by atoms with Gasteiger partial charge in [0.05, 0.1) is 20.9 Å². The van der Waals surface area contributed by atoms with E-state index in [9.17, 15) is 0 Å². The van der Waals surface area contributed by atoms with Crippen LogP contribution in [-0.4, -0.2) is 7.05 Å². The van der Waals surface area contributed by atoms with Gasteiger partial charge in [0.25, 0.3) is 0 Å². The van der Waals surface area contributed by atoms with Crippen LogP contribution in [0.2, 0.25) is 0 Å². The van der Waals surface area contributed by atoms with Crippen LogP contribution in [0.15, 0.2) is 0 Å². The van der Waals surface area contributed by atoms with E-state index >= 15 is 0 Å². The van der Waals surface area contributed by atoms with Crippen molar-refractivity contribution in [3.8, 4) is 0 Å². The Morgan fingerprint density at radius 1 is 1.20 bits per heavy atom. The Labute approximate surface area is 35.2 Å². The Bertz CT molecular complexity index is 3.61. The minimum atomic E-state index is 0. The number of quaternary nitrogens is 1. The molecule has 1 nitrogen and oxygen atoms in total. The largest absolute Gasteiger partial charge is 0.360 e. The molecule has 3 N–H and O–H groups in total. The molecule has 0 aromatic carbocycles. The van der Waals surface area contributed by atoms with Crippen LogP contribution in [0.5, 0.6) is 0 Å². The lowest BCUT2D eigenvalue weighted by atomic mass is 11.0. The van der Waals surface area contributed by atoms with Crippen LogP contribution >= 0.6 is 0 Å². The molecule has 0 unspecified atom stereocenters. The smallest absolute Gasteiger partial charge is 0.0746 e. The summed E-state index contributed by atoms with van der Waals surface area (Å²) >= 11 is 0. The zero-order chi connectivity index (χ0) is 4.00. The van der Waals surface area contributed by atoms with Gasteiger partial charge in [-0.3, -0.25) is 0 Å². The Hall–Kier alpha value is -0.170. The lowest BCUT2D eigenvalue weighted by Gasteiger charge is -1.17. The second-order valence-corrected chi connectivity index (χ2v) is 0. The minimum Gasteiger partial charge on any atom is -0.360 e. The molecule has 0 saturated heterocycles. The summed E-state index contributed by atoms with van der Waals surface area (Å²) in [4.78, 5) is 0. The first-order valence-corrected chi connectivity index (χ1v) is 1.41. The third kappa shape index (κ3) is 444. The highest BCUT2D eigenvalue weighted by Gasteiger charge is 1.07. The summed E-state index contributed by atoms with van der Waals surface area (Å²) < 4.78 is 0. The van der Waals surface area contributed by atoms with Crippen molar-refractivity contribution < 1.29 is 5.73 Å². The van der Waals surface area contributed by atoms with Crippen molar-refractivity contribution in [3.05, 3.63) is 14.4 Å². The molecule has 0 bridgehead atoms. The molecule has 0 rings (SSSR count). The second-order valence-electron chi connectivity index (χ2n) is 0. The topological polar surface area (TPSA) is 27.6 Å². The summed E-state index contributed by atoms with van der Waals surface area (Å²) in [7, 11) is 1.75. The molecule has 0 saturated carbocycles. The van der Waals surface area contributed by atoms with E-state index < -0.39 is 0 Å². The molecule has 0 aliphatic heterocycles. The zero-order valence-electron chi connectivity index (χ0n) is 4.41. The van der Waals surface area contributed by atoms with E-state index in [-0.39, 0.29) is 7.43 Å². The van der Waals surface area contributed by atoms with Crippen molar-refractivity contribution >= 4 is 0 Å². The Morgan fingerprint density at radius 3 is 1.20 bits per heavy atom. The predicted octanol–water partition coefficient (Wildman–Crippen LogP) is 0.149. The van der Waals surface area contributed by atoms with Crippen LogP contribution in [0.3, 0.4) is 0 Å². The molecule has 0 aliphatic rings. The van der Waals surface area contributed by atoms with Gasteiger partial charge in [0, 0.05) is 0 Å². The third-order valence-corrected chi connectivity index (χ3v) is 0. The van der Waals surface area contributed by atoms with Crippen molar-refractivity contribution in [2.75, 3.05) is 7.05 Å². The maximum absolute atomic E-state index is 3.25. The molecule has 5 heavy (non-hydrogen) atoms. The highest BCUT2D eigenvalue weighted by molar-refractivity contribution is 3.94. The molecule has 0 spiro atoms. The van der Waals surface area contributed by atoms with Crippen LogP contribution in [0.25, 0.3) is 0 Å². The highest BCUT2D eigenvalue weighted by atomic mass is 14.4. The van der Waals surface area contributed by atoms with E-state index in [4.69, 9.17) is 0 Å². The molecule has 0 amide bonds. The molecule has 1 heteroatoms. The first-order valence-electron chi connectivity index (χ1n) is 1.41. The van der Waals surface area contributed by atoms with Gasteiger partial charge in [-0.25, -0.2) is 0 Å². The van der Waals surface area contributed by atoms with Crippen molar-refractivity contribution in [1.29, 1.82) is 0 Å². The standard InChI is InChI=1S/C2H5.CH5N.CH3/c2*1-2;/h1H2,2H3;2H2,1H3;1H3/q+1;;-1/p+1. The minimum absolute atomic E-state index is 0. The zero-order valence-corrected chi connectivity index (χ0v) is 4.41. The fourth-order valence-corrected chi connectivity index (χ4v) is 0. The molecule has 0 aliphatic carbocycles. The molecule has 0 aromatic rings. The van der Waals surface area contributed by atoms with Gasteiger partial charge < -0.3 is 13.2 Å². The molecule has 0 aromatic heterocycles. The van der Waals surface area contributed by atoms with E-state index in [0.29, 0.717) is 0 Å². The number of hydrogen-bond donors (Lipinski definition) is 1. The molecular weight excluding hydrogens is 62.1 g/mol. The SMILES string of the molecule is C[NH3+].[CH2+]C.[CH3-]. The van der Waals surface area contributed by atoms with Crippen LogP contribution < -0.4 is 5.73 Å². The van der Waals surface area contributed by atoms with Crippen molar-refractivity contribution in [2.24, 2.45) is 0 Å². The maximum Gasteiger partial charge on any atom is 0.0746 e. The monoisotopic (exact) mass is 76.1 g/mol. The van der Waals surface area contributed by atoms with Gasteiger partial charge in [0.2, 0.25) is 0 Å². The maximum atomic E-state index is 3.25. The van der Waals surface area contributed by atoms with Gasteiger partial charge in [-0.15, -0.1) is 0 Å². The fraction of sp³-hybridized carbons (Fsp3) is 0.500. The molecule has 0 radical (unpaired) electrons. The van der Waals surface area contributed by atoms with Crippen molar-refractivity contribution in [2.45, 2.75) is 6.92 Å². The second kappa shape index (κ2) is 1060. The van der Waals surface area contributed by atoms with Gasteiger partial charge in [0.15, 0.2) is 0 Å². The van der Waals surface area contributed by atoms with Crippen molar-refractivity contribution in [3.63, 3.8) is 0 Å². The summed E-state index contributed by atoms with van der Waals surface area (Å²) in [5.41, 5.74) is 3.25. The summed E-state index contributed by atoms with van der Waals surface area (Å²) in [5.74, 6) is 0. The van der Waals surface area contributed by atoms with Crippen molar-refractivity contribution in [1.82, 2.24) is 0 Å². The molecular formula is C4H14N+. The van der Waals surface area contributed by atoms with Gasteiger partial charge >= 0.3 is 0 Å². The predicted molar refractivity (Wildman–Crippen MR) is 26.3 cm³/mol. The molecule has 0 atom stereocenters. The van der Waals surface area contributed by atoms with Gasteiger partial charge in [-0.2, -0.15) is 0 Å². The van der Waals surface area contributed by atoms with Gasteiger partial charge in [-0.1, -0.05) is 0 Å². The van der Waals surface area contributed by atoms with Crippen LogP contribution in [-0.2, 0) is 0 Å². The molecule has 34 valence electrons. The average Bonchev–Trinajstić information content (AvgIpc) is 1.50. The van der Waals surface area contributed by atoms with E-state index in [1.54, 1.807) is 14.0 Å². The first-order chi connectivity index (χ1) is 2.00. The van der Waals surface area contributed by atoms with E-state index in [1.165, 1.54) is 0 Å². The summed E-state index contributed by atoms with van der Waals surface area (Å²) in [6, 6.07) is 0. The van der Waals surface area contributed by atoms with Crippen LogP contribution in [0, 0.1) is 14.4 Å². The fourth-order valence-electron chi connectivity index (χ4n) is 0. The van der Waals surface area contributed by atoms with E-state index in [0.717, 1.165) is 0 Å². The Balaban J connectivity index is -0.0000000133. The number of rotatable bonds is 0. The highest BCUT2D eigenvalue weighted by Crippen LogP contribution is 1.11. The first kappa shape index (κ1) is 21.2. The quantitative estimate of drug-likeness (QED) is 0.398. The lowest BCUT2D eigenvalue weighted by Crippen LogP contribution is -2.40. The lowest BCUT2D eigenvalue weighted by molar-refractivity contribution is -0.325. The third-order valence-electron chi connectivity index (χ3n) is 0. The van der Waals surface area contributed by atoms with E-state index in [1.807, 2.05) is 0 Å². The summed E-state index contributed by atoms with van der Waals surface area (Å²) in [6.45, 7) is 5.00. The van der Waals surface area contributed by atoms with Crippen LogP contribution in [0.1, 0.15) is 6.92 Å². The van der Waals surface area contributed by atoms with E-state index in [2.05, 4.69) is 12.7 Å². The number of hydrogen-bond acceptors (Lipinski definition) is 0. The normalized spacial score (nSPS) is 2.20.